The molecule has 8 nitrogen and oxygen atoms in total. The highest BCUT2D eigenvalue weighted by Gasteiger charge is 2.19. The standard InChI is InChI=1S/C27H27FN4O4/c1-34-24-10-7-19(13-25(24)35-2)26-21(17-32(31-26)16-18-5-8-22(28)9-6-18)12-20(14-29)27(33)30-15-23-4-3-11-36-23/h5-10,12-13,17,23H,3-4,11,15-16H2,1-2H3,(H,30,33). The molecule has 1 atom stereocenters. The smallest absolute Gasteiger partial charge is 0.262 e. The Morgan fingerprint density at radius 1 is 1.25 bits per heavy atom. The van der Waals surface area contributed by atoms with Crippen molar-refractivity contribution >= 4 is 12.0 Å². The van der Waals surface area contributed by atoms with Gasteiger partial charge in [-0.2, -0.15) is 10.4 Å². The van der Waals surface area contributed by atoms with Crippen LogP contribution >= 0.6 is 0 Å². The third-order valence-corrected chi connectivity index (χ3v) is 5.88. The molecule has 1 aromatic heterocycles. The Hall–Kier alpha value is -4.16. The second-order valence-electron chi connectivity index (χ2n) is 8.34. The molecule has 2 aromatic carbocycles. The summed E-state index contributed by atoms with van der Waals surface area (Å²) in [6.45, 7) is 1.41. The van der Waals surface area contributed by atoms with E-state index >= 15 is 0 Å². The number of hydrogen-bond acceptors (Lipinski definition) is 6. The van der Waals surface area contributed by atoms with Gasteiger partial charge >= 0.3 is 0 Å². The largest absolute Gasteiger partial charge is 0.493 e. The van der Waals surface area contributed by atoms with Crippen molar-refractivity contribution in [2.24, 2.45) is 0 Å². The number of benzene rings is 2. The number of carbonyl (C=O) groups excluding carboxylic acids is 1. The first-order valence-electron chi connectivity index (χ1n) is 11.6. The van der Waals surface area contributed by atoms with Crippen LogP contribution in [-0.2, 0) is 16.1 Å². The van der Waals surface area contributed by atoms with E-state index < -0.39 is 5.91 Å². The number of aromatic nitrogens is 2. The average molecular weight is 491 g/mol. The van der Waals surface area contributed by atoms with Gasteiger partial charge in [0.2, 0.25) is 0 Å². The van der Waals surface area contributed by atoms with E-state index in [0.29, 0.717) is 48.0 Å². The van der Waals surface area contributed by atoms with Gasteiger partial charge in [0.25, 0.3) is 5.91 Å². The number of nitriles is 1. The van der Waals surface area contributed by atoms with Gasteiger partial charge in [-0.05, 0) is 54.8 Å². The fourth-order valence-corrected chi connectivity index (χ4v) is 4.02. The fraction of sp³-hybridized carbons (Fsp3) is 0.296. The molecule has 2 heterocycles. The van der Waals surface area contributed by atoms with Gasteiger partial charge in [-0.25, -0.2) is 4.39 Å². The van der Waals surface area contributed by atoms with Crippen LogP contribution in [0, 0.1) is 17.1 Å². The maximum absolute atomic E-state index is 13.3. The van der Waals surface area contributed by atoms with Crippen molar-refractivity contribution in [3.05, 3.63) is 71.2 Å². The number of ether oxygens (including phenoxy) is 3. The molecule has 1 N–H and O–H groups in total. The number of methoxy groups -OCH3 is 2. The first kappa shape index (κ1) is 24.9. The number of nitrogens with zero attached hydrogens (tertiary/aromatic N) is 3. The van der Waals surface area contributed by atoms with Crippen LogP contribution in [0.15, 0.2) is 54.2 Å². The SMILES string of the molecule is COc1ccc(-c2nn(Cc3ccc(F)cc3)cc2C=C(C#N)C(=O)NCC2CCCO2)cc1OC. The van der Waals surface area contributed by atoms with Crippen LogP contribution in [-0.4, -0.2) is 49.2 Å². The molecule has 36 heavy (non-hydrogen) atoms. The normalized spacial score (nSPS) is 15.4. The maximum Gasteiger partial charge on any atom is 0.262 e. The van der Waals surface area contributed by atoms with Crippen molar-refractivity contribution in [2.45, 2.75) is 25.5 Å². The lowest BCUT2D eigenvalue weighted by Crippen LogP contribution is -2.32. The van der Waals surface area contributed by atoms with Gasteiger partial charge in [0, 0.05) is 30.5 Å². The second-order valence-corrected chi connectivity index (χ2v) is 8.34. The first-order chi connectivity index (χ1) is 17.5. The average Bonchev–Trinajstić information content (AvgIpc) is 3.56. The van der Waals surface area contributed by atoms with Crippen LogP contribution in [0.1, 0.15) is 24.0 Å². The third-order valence-electron chi connectivity index (χ3n) is 5.88. The van der Waals surface area contributed by atoms with Crippen molar-refractivity contribution in [3.63, 3.8) is 0 Å². The van der Waals surface area contributed by atoms with Crippen molar-refractivity contribution in [2.75, 3.05) is 27.4 Å². The molecule has 0 bridgehead atoms. The predicted octanol–water partition coefficient (Wildman–Crippen LogP) is 3.96. The second kappa shape index (κ2) is 11.5. The van der Waals surface area contributed by atoms with Crippen LogP contribution < -0.4 is 14.8 Å². The van der Waals surface area contributed by atoms with E-state index in [0.717, 1.165) is 18.4 Å². The summed E-state index contributed by atoms with van der Waals surface area (Å²) in [5, 5.41) is 17.2. The minimum absolute atomic E-state index is 0.0327. The predicted molar refractivity (Wildman–Crippen MR) is 132 cm³/mol. The molecule has 4 rings (SSSR count). The molecule has 1 saturated heterocycles. The summed E-state index contributed by atoms with van der Waals surface area (Å²) in [5.41, 5.74) is 2.65. The molecule has 1 aliphatic heterocycles. The molecule has 1 amide bonds. The van der Waals surface area contributed by atoms with Crippen molar-refractivity contribution in [1.82, 2.24) is 15.1 Å². The monoisotopic (exact) mass is 490 g/mol. The minimum atomic E-state index is -0.474. The van der Waals surface area contributed by atoms with Crippen LogP contribution in [0.4, 0.5) is 4.39 Å². The molecule has 0 spiro atoms. The van der Waals surface area contributed by atoms with E-state index in [2.05, 4.69) is 5.32 Å². The Morgan fingerprint density at radius 2 is 2.03 bits per heavy atom. The zero-order chi connectivity index (χ0) is 25.5. The number of halogens is 1. The van der Waals surface area contributed by atoms with E-state index in [1.165, 1.54) is 18.2 Å². The molecule has 186 valence electrons. The zero-order valence-corrected chi connectivity index (χ0v) is 20.2. The fourth-order valence-electron chi connectivity index (χ4n) is 4.02. The summed E-state index contributed by atoms with van der Waals surface area (Å²) < 4.78 is 31.3. The molecule has 0 radical (unpaired) electrons. The maximum atomic E-state index is 13.3. The van der Waals surface area contributed by atoms with Crippen molar-refractivity contribution < 1.29 is 23.4 Å². The van der Waals surface area contributed by atoms with E-state index in [9.17, 15) is 14.4 Å². The molecule has 9 heteroatoms. The molecule has 0 saturated carbocycles. The molecular weight excluding hydrogens is 463 g/mol. The zero-order valence-electron chi connectivity index (χ0n) is 20.2. The number of nitrogens with one attached hydrogen (secondary N) is 1. The Labute approximate surface area is 208 Å². The van der Waals surface area contributed by atoms with Crippen molar-refractivity contribution in [3.8, 4) is 28.8 Å². The lowest BCUT2D eigenvalue weighted by atomic mass is 10.0. The molecule has 1 unspecified atom stereocenters. The Morgan fingerprint density at radius 3 is 2.69 bits per heavy atom. The number of hydrogen-bond donors (Lipinski definition) is 1. The summed E-state index contributed by atoms with van der Waals surface area (Å²) in [4.78, 5) is 12.7. The van der Waals surface area contributed by atoms with E-state index in [1.807, 2.05) is 12.1 Å². The molecule has 1 aliphatic rings. The van der Waals surface area contributed by atoms with Gasteiger partial charge in [-0.15, -0.1) is 0 Å². The van der Waals surface area contributed by atoms with Gasteiger partial charge in [-0.3, -0.25) is 9.48 Å². The molecular formula is C27H27FN4O4. The quantitative estimate of drug-likeness (QED) is 0.360. The van der Waals surface area contributed by atoms with E-state index in [-0.39, 0.29) is 17.5 Å². The lowest BCUT2D eigenvalue weighted by molar-refractivity contribution is -0.117. The van der Waals surface area contributed by atoms with Crippen LogP contribution in [0.2, 0.25) is 0 Å². The molecule has 0 aliphatic carbocycles. The van der Waals surface area contributed by atoms with Crippen molar-refractivity contribution in [1.29, 1.82) is 5.26 Å². The molecule has 1 fully saturated rings. The summed E-state index contributed by atoms with van der Waals surface area (Å²) in [6, 6.07) is 13.5. The van der Waals surface area contributed by atoms with Gasteiger partial charge in [0.15, 0.2) is 11.5 Å². The van der Waals surface area contributed by atoms with E-state index in [1.54, 1.807) is 49.4 Å². The topological polar surface area (TPSA) is 98.4 Å². The highest BCUT2D eigenvalue weighted by molar-refractivity contribution is 6.02. The Bertz CT molecular complexity index is 1290. The summed E-state index contributed by atoms with van der Waals surface area (Å²) in [6.07, 6.45) is 5.08. The Kier molecular flexibility index (Phi) is 7.98. The Balaban J connectivity index is 1.68. The van der Waals surface area contributed by atoms with Gasteiger partial charge < -0.3 is 19.5 Å². The highest BCUT2D eigenvalue weighted by atomic mass is 19.1. The van der Waals surface area contributed by atoms with Gasteiger partial charge in [-0.1, -0.05) is 12.1 Å². The number of rotatable bonds is 9. The number of carbonyl (C=O) groups is 1. The van der Waals surface area contributed by atoms with Crippen LogP contribution in [0.5, 0.6) is 11.5 Å². The molecule has 3 aromatic rings. The van der Waals surface area contributed by atoms with Gasteiger partial charge in [0.05, 0.1) is 32.6 Å². The first-order valence-corrected chi connectivity index (χ1v) is 11.6. The minimum Gasteiger partial charge on any atom is -0.493 e. The van der Waals surface area contributed by atoms with Gasteiger partial charge in [0.1, 0.15) is 17.5 Å². The third kappa shape index (κ3) is 5.90. The number of amides is 1. The summed E-state index contributed by atoms with van der Waals surface area (Å²) in [5.74, 6) is 0.294. The summed E-state index contributed by atoms with van der Waals surface area (Å²) in [7, 11) is 3.10. The highest BCUT2D eigenvalue weighted by Crippen LogP contribution is 2.33. The van der Waals surface area contributed by atoms with Crippen LogP contribution in [0.25, 0.3) is 17.3 Å². The van der Waals surface area contributed by atoms with Crippen LogP contribution in [0.3, 0.4) is 0 Å². The summed E-state index contributed by atoms with van der Waals surface area (Å²) >= 11 is 0. The van der Waals surface area contributed by atoms with E-state index in [4.69, 9.17) is 19.3 Å². The lowest BCUT2D eigenvalue weighted by Gasteiger charge is -2.10.